The van der Waals surface area contributed by atoms with E-state index in [4.69, 9.17) is 0 Å². The van der Waals surface area contributed by atoms with Gasteiger partial charge < -0.3 is 4.90 Å². The molecule has 0 spiro atoms. The molecule has 0 saturated heterocycles. The summed E-state index contributed by atoms with van der Waals surface area (Å²) in [6.45, 7) is 1.16. The number of nitrogens with zero attached hydrogens (tertiary/aromatic N) is 3. The van der Waals surface area contributed by atoms with Gasteiger partial charge in [0, 0.05) is 43.1 Å². The third kappa shape index (κ3) is 4.12. The molecule has 0 aliphatic carbocycles. The molecule has 0 atom stereocenters. The highest BCUT2D eigenvalue weighted by atomic mass is 32.2. The molecule has 168 valence electrons. The highest BCUT2D eigenvalue weighted by Gasteiger charge is 2.25. The Hall–Kier alpha value is -3.22. The van der Waals surface area contributed by atoms with Gasteiger partial charge in [-0.25, -0.2) is 12.7 Å². The minimum absolute atomic E-state index is 0.258. The summed E-state index contributed by atoms with van der Waals surface area (Å²) in [7, 11) is -1.99. The minimum Gasteiger partial charge on any atom is -0.341 e. The molecule has 3 aromatic carbocycles. The van der Waals surface area contributed by atoms with Gasteiger partial charge >= 0.3 is 0 Å². The summed E-state index contributed by atoms with van der Waals surface area (Å²) >= 11 is 0. The van der Waals surface area contributed by atoms with Gasteiger partial charge in [0.2, 0.25) is 10.0 Å². The van der Waals surface area contributed by atoms with Crippen LogP contribution in [-0.4, -0.2) is 37.8 Å². The summed E-state index contributed by atoms with van der Waals surface area (Å²) in [5.74, 6) is 0. The second-order valence-corrected chi connectivity index (χ2v) is 10.4. The third-order valence-corrected chi connectivity index (χ3v) is 8.26. The maximum Gasteiger partial charge on any atom is 0.244 e. The maximum atomic E-state index is 13.4. The molecule has 0 N–H and O–H groups in total. The lowest BCUT2D eigenvalue weighted by atomic mass is 10.0. The van der Waals surface area contributed by atoms with E-state index >= 15 is 0 Å². The SMILES string of the molecule is CN(CCCN1c2ccccc2CCc2ccccc21)S(=O)(=O)c1cccc2cccnc12. The van der Waals surface area contributed by atoms with Crippen LogP contribution in [0.4, 0.5) is 11.4 Å². The molecule has 0 unspecified atom stereocenters. The van der Waals surface area contributed by atoms with Crippen molar-refractivity contribution in [3.8, 4) is 0 Å². The molecular formula is C27H27N3O2S. The van der Waals surface area contributed by atoms with Crippen molar-refractivity contribution in [3.63, 3.8) is 0 Å². The Morgan fingerprint density at radius 1 is 0.848 bits per heavy atom. The van der Waals surface area contributed by atoms with E-state index in [1.807, 2.05) is 18.2 Å². The number of para-hydroxylation sites is 3. The predicted octanol–water partition coefficient (Wildman–Crippen LogP) is 5.18. The fraction of sp³-hybridized carbons (Fsp3) is 0.222. The summed E-state index contributed by atoms with van der Waals surface area (Å²) in [6, 6.07) is 26.0. The van der Waals surface area contributed by atoms with E-state index in [1.165, 1.54) is 26.8 Å². The molecule has 2 heterocycles. The van der Waals surface area contributed by atoms with E-state index in [-0.39, 0.29) is 4.90 Å². The zero-order valence-electron chi connectivity index (χ0n) is 18.7. The predicted molar refractivity (Wildman–Crippen MR) is 133 cm³/mol. The summed E-state index contributed by atoms with van der Waals surface area (Å²) in [5.41, 5.74) is 5.60. The molecule has 0 bridgehead atoms. The van der Waals surface area contributed by atoms with Crippen LogP contribution in [0.2, 0.25) is 0 Å². The monoisotopic (exact) mass is 457 g/mol. The zero-order chi connectivity index (χ0) is 22.8. The number of anilines is 2. The molecular weight excluding hydrogens is 430 g/mol. The number of sulfonamides is 1. The molecule has 6 heteroatoms. The number of aromatic nitrogens is 1. The van der Waals surface area contributed by atoms with Crippen molar-refractivity contribution in [2.75, 3.05) is 25.0 Å². The number of benzene rings is 3. The van der Waals surface area contributed by atoms with Gasteiger partial charge in [0.1, 0.15) is 4.90 Å². The van der Waals surface area contributed by atoms with Crippen molar-refractivity contribution in [3.05, 3.63) is 96.2 Å². The van der Waals surface area contributed by atoms with E-state index < -0.39 is 10.0 Å². The lowest BCUT2D eigenvalue weighted by molar-refractivity contribution is 0.463. The highest BCUT2D eigenvalue weighted by Crippen LogP contribution is 2.36. The van der Waals surface area contributed by atoms with Crippen LogP contribution < -0.4 is 4.90 Å². The molecule has 33 heavy (non-hydrogen) atoms. The molecule has 0 amide bonds. The van der Waals surface area contributed by atoms with Crippen LogP contribution >= 0.6 is 0 Å². The van der Waals surface area contributed by atoms with Crippen molar-refractivity contribution < 1.29 is 8.42 Å². The molecule has 0 fully saturated rings. The second-order valence-electron chi connectivity index (χ2n) is 8.42. The van der Waals surface area contributed by atoms with Crippen LogP contribution in [0, 0.1) is 0 Å². The Bertz CT molecular complexity index is 1350. The standard InChI is InChI=1S/C27H27N3O2S/c1-29(33(31,32)26-15-6-11-23-12-7-18-28-27(23)26)19-8-20-30-24-13-4-2-9-21(24)16-17-22-10-3-5-14-25(22)30/h2-7,9-15,18H,8,16-17,19-20H2,1H3. The van der Waals surface area contributed by atoms with Gasteiger partial charge in [-0.05, 0) is 54.7 Å². The first kappa shape index (κ1) is 21.6. The first-order valence-electron chi connectivity index (χ1n) is 11.3. The van der Waals surface area contributed by atoms with Gasteiger partial charge in [-0.2, -0.15) is 0 Å². The molecule has 5 rings (SSSR count). The summed E-state index contributed by atoms with van der Waals surface area (Å²) < 4.78 is 28.2. The van der Waals surface area contributed by atoms with Crippen molar-refractivity contribution in [2.45, 2.75) is 24.2 Å². The van der Waals surface area contributed by atoms with E-state index in [1.54, 1.807) is 25.4 Å². The van der Waals surface area contributed by atoms with Gasteiger partial charge in [-0.1, -0.05) is 54.6 Å². The smallest absolute Gasteiger partial charge is 0.244 e. The zero-order valence-corrected chi connectivity index (χ0v) is 19.5. The normalized spacial score (nSPS) is 13.6. The maximum absolute atomic E-state index is 13.4. The molecule has 0 saturated carbocycles. The van der Waals surface area contributed by atoms with Crippen LogP contribution in [-0.2, 0) is 22.9 Å². The Morgan fingerprint density at radius 2 is 1.48 bits per heavy atom. The van der Waals surface area contributed by atoms with Crippen LogP contribution in [0.1, 0.15) is 17.5 Å². The number of hydrogen-bond acceptors (Lipinski definition) is 4. The Kier molecular flexibility index (Phi) is 5.87. The first-order valence-corrected chi connectivity index (χ1v) is 12.7. The topological polar surface area (TPSA) is 53.5 Å². The number of rotatable bonds is 6. The van der Waals surface area contributed by atoms with E-state index in [9.17, 15) is 8.42 Å². The average Bonchev–Trinajstić information content (AvgIpc) is 3.01. The van der Waals surface area contributed by atoms with Crippen molar-refractivity contribution in [1.82, 2.24) is 9.29 Å². The summed E-state index contributed by atoms with van der Waals surface area (Å²) in [4.78, 5) is 6.93. The lowest BCUT2D eigenvalue weighted by Gasteiger charge is -2.28. The van der Waals surface area contributed by atoms with Crippen LogP contribution in [0.25, 0.3) is 10.9 Å². The summed E-state index contributed by atoms with van der Waals surface area (Å²) in [6.07, 6.45) is 4.35. The van der Waals surface area contributed by atoms with Crippen LogP contribution in [0.5, 0.6) is 0 Å². The van der Waals surface area contributed by atoms with Crippen LogP contribution in [0.15, 0.2) is 90.0 Å². The van der Waals surface area contributed by atoms with Crippen molar-refractivity contribution in [1.29, 1.82) is 0 Å². The van der Waals surface area contributed by atoms with E-state index in [2.05, 4.69) is 58.4 Å². The summed E-state index contributed by atoms with van der Waals surface area (Å²) in [5, 5.41) is 0.824. The molecule has 1 aliphatic heterocycles. The van der Waals surface area contributed by atoms with Gasteiger partial charge in [-0.15, -0.1) is 0 Å². The highest BCUT2D eigenvalue weighted by molar-refractivity contribution is 7.89. The number of fused-ring (bicyclic) bond motifs is 3. The quantitative estimate of drug-likeness (QED) is 0.400. The van der Waals surface area contributed by atoms with E-state index in [0.717, 1.165) is 24.8 Å². The third-order valence-electron chi connectivity index (χ3n) is 6.37. The Balaban J connectivity index is 1.37. The largest absolute Gasteiger partial charge is 0.341 e. The minimum atomic E-state index is -3.64. The fourth-order valence-corrected chi connectivity index (χ4v) is 6.01. The van der Waals surface area contributed by atoms with Gasteiger partial charge in [0.25, 0.3) is 0 Å². The lowest BCUT2D eigenvalue weighted by Crippen LogP contribution is -2.31. The number of pyridine rings is 1. The van der Waals surface area contributed by atoms with Gasteiger partial charge in [-0.3, -0.25) is 4.98 Å². The number of aryl methyl sites for hydroxylation is 2. The van der Waals surface area contributed by atoms with Crippen molar-refractivity contribution >= 4 is 32.3 Å². The van der Waals surface area contributed by atoms with Crippen LogP contribution in [0.3, 0.4) is 0 Å². The van der Waals surface area contributed by atoms with Gasteiger partial charge in [0.15, 0.2) is 0 Å². The Labute approximate surface area is 195 Å². The fourth-order valence-electron chi connectivity index (χ4n) is 4.64. The molecule has 0 radical (unpaired) electrons. The van der Waals surface area contributed by atoms with Crippen molar-refractivity contribution in [2.24, 2.45) is 0 Å². The average molecular weight is 458 g/mol. The molecule has 5 nitrogen and oxygen atoms in total. The first-order chi connectivity index (χ1) is 16.1. The molecule has 1 aliphatic rings. The Morgan fingerprint density at radius 3 is 2.18 bits per heavy atom. The van der Waals surface area contributed by atoms with E-state index in [0.29, 0.717) is 18.5 Å². The second kappa shape index (κ2) is 8.96. The number of hydrogen-bond donors (Lipinski definition) is 0. The molecule has 1 aromatic heterocycles. The molecule has 4 aromatic rings. The van der Waals surface area contributed by atoms with Gasteiger partial charge in [0.05, 0.1) is 5.52 Å².